The van der Waals surface area contributed by atoms with Crippen molar-refractivity contribution < 1.29 is 21.3 Å². The van der Waals surface area contributed by atoms with Gasteiger partial charge in [-0.25, -0.2) is 18.5 Å². The highest BCUT2D eigenvalue weighted by molar-refractivity contribution is 9.10. The van der Waals surface area contributed by atoms with Gasteiger partial charge in [-0.3, -0.25) is 0 Å². The molecule has 3 rings (SSSR count). The molecule has 0 radical (unpaired) electrons. The predicted molar refractivity (Wildman–Crippen MR) is 98.3 cm³/mol. The van der Waals surface area contributed by atoms with Crippen molar-refractivity contribution in [3.8, 4) is 0 Å². The van der Waals surface area contributed by atoms with E-state index in [2.05, 4.69) is 31.1 Å². The number of sulfone groups is 1. The maximum Gasteiger partial charge on any atom is 0.274 e. The van der Waals surface area contributed by atoms with Gasteiger partial charge >= 0.3 is 0 Å². The van der Waals surface area contributed by atoms with Crippen LogP contribution in [-0.2, 0) is 26.6 Å². The van der Waals surface area contributed by atoms with Crippen molar-refractivity contribution in [3.05, 3.63) is 39.5 Å². The number of hydrogen-bond donors (Lipinski definition) is 2. The molecule has 10 nitrogen and oxygen atoms in total. The molecule has 0 aliphatic rings. The normalized spacial score (nSPS) is 14.0. The predicted octanol–water partition coefficient (Wildman–Crippen LogP) is 0.869. The molecular formula is C12H12BrN5O5S3. The van der Waals surface area contributed by atoms with Crippen molar-refractivity contribution in [2.45, 2.75) is 11.8 Å². The van der Waals surface area contributed by atoms with Gasteiger partial charge in [0.2, 0.25) is 11.8 Å². The SMILES string of the molecule is CS(=O)(=O)C(c1nnc(CNS(N)(=O)=O)o1)c1nc2ccc(Br)cc2s1. The molecule has 0 spiro atoms. The second kappa shape index (κ2) is 6.94. The monoisotopic (exact) mass is 481 g/mol. The smallest absolute Gasteiger partial charge is 0.274 e. The topological polar surface area (TPSA) is 158 Å². The Labute approximate surface area is 161 Å². The fraction of sp³-hybridized carbons (Fsp3) is 0.250. The van der Waals surface area contributed by atoms with Crippen molar-refractivity contribution >= 4 is 57.5 Å². The minimum atomic E-state index is -3.95. The Morgan fingerprint density at radius 2 is 2.04 bits per heavy atom. The lowest BCUT2D eigenvalue weighted by molar-refractivity contribution is 0.444. The van der Waals surface area contributed by atoms with Crippen LogP contribution in [0.15, 0.2) is 27.1 Å². The van der Waals surface area contributed by atoms with Crippen LogP contribution in [0.1, 0.15) is 22.0 Å². The van der Waals surface area contributed by atoms with Crippen LogP contribution in [0.3, 0.4) is 0 Å². The highest BCUT2D eigenvalue weighted by Crippen LogP contribution is 2.35. The Bertz CT molecular complexity index is 1170. The van der Waals surface area contributed by atoms with E-state index in [0.717, 1.165) is 15.4 Å². The minimum absolute atomic E-state index is 0.119. The van der Waals surface area contributed by atoms with Crippen LogP contribution < -0.4 is 9.86 Å². The van der Waals surface area contributed by atoms with E-state index in [0.29, 0.717) is 5.52 Å². The van der Waals surface area contributed by atoms with Gasteiger partial charge in [-0.2, -0.15) is 13.1 Å². The van der Waals surface area contributed by atoms with Gasteiger partial charge in [-0.15, -0.1) is 21.5 Å². The largest absolute Gasteiger partial charge is 0.422 e. The van der Waals surface area contributed by atoms with Gasteiger partial charge in [0.05, 0.1) is 16.8 Å². The average Bonchev–Trinajstić information content (AvgIpc) is 3.09. The van der Waals surface area contributed by atoms with Gasteiger partial charge in [-0.05, 0) is 18.2 Å². The van der Waals surface area contributed by atoms with Crippen molar-refractivity contribution in [3.63, 3.8) is 0 Å². The fourth-order valence-electron chi connectivity index (χ4n) is 2.11. The highest BCUT2D eigenvalue weighted by atomic mass is 79.9. The Hall–Kier alpha value is -1.45. The summed E-state index contributed by atoms with van der Waals surface area (Å²) in [7, 11) is -7.63. The summed E-state index contributed by atoms with van der Waals surface area (Å²) in [5.41, 5.74) is 0.637. The summed E-state index contributed by atoms with van der Waals surface area (Å²) in [6, 6.07) is 5.38. The van der Waals surface area contributed by atoms with Gasteiger partial charge in [0.1, 0.15) is 5.01 Å². The van der Waals surface area contributed by atoms with E-state index in [4.69, 9.17) is 9.56 Å². The van der Waals surface area contributed by atoms with Crippen LogP contribution in [0, 0.1) is 0 Å². The van der Waals surface area contributed by atoms with Crippen LogP contribution in [0.25, 0.3) is 10.2 Å². The molecule has 3 aromatic rings. The summed E-state index contributed by atoms with van der Waals surface area (Å²) in [5, 5.41) is 11.2. The molecule has 1 aromatic carbocycles. The first kappa shape index (κ1) is 19.3. The first-order valence-electron chi connectivity index (χ1n) is 6.87. The second-order valence-corrected chi connectivity index (χ2v) is 10.8. The number of thiazole rings is 1. The number of rotatable bonds is 6. The number of nitrogens with zero attached hydrogens (tertiary/aromatic N) is 3. The standard InChI is InChI=1S/C12H12BrN5O5S3/c1-25(19,20)10(11-18-17-9(23-11)5-15-26(14,21)22)12-16-7-3-2-6(13)4-8(7)24-12/h2-4,10,15H,5H2,1H3,(H2,14,21,22). The third-order valence-corrected chi connectivity index (χ3v) is 6.70. The summed E-state index contributed by atoms with van der Waals surface area (Å²) in [6.07, 6.45) is 1.03. The summed E-state index contributed by atoms with van der Waals surface area (Å²) >= 11 is 4.54. The van der Waals surface area contributed by atoms with E-state index in [-0.39, 0.29) is 23.3 Å². The zero-order chi connectivity index (χ0) is 19.1. The van der Waals surface area contributed by atoms with Crippen molar-refractivity contribution in [2.24, 2.45) is 5.14 Å². The van der Waals surface area contributed by atoms with E-state index in [1.807, 2.05) is 10.8 Å². The van der Waals surface area contributed by atoms with Crippen molar-refractivity contribution in [2.75, 3.05) is 6.26 Å². The van der Waals surface area contributed by atoms with E-state index < -0.39 is 25.3 Å². The molecule has 26 heavy (non-hydrogen) atoms. The number of nitrogens with two attached hydrogens (primary N) is 1. The van der Waals surface area contributed by atoms with E-state index >= 15 is 0 Å². The Balaban J connectivity index is 2.00. The Morgan fingerprint density at radius 1 is 1.31 bits per heavy atom. The first-order chi connectivity index (χ1) is 12.0. The maximum absolute atomic E-state index is 12.3. The second-order valence-electron chi connectivity index (χ2n) is 5.27. The van der Waals surface area contributed by atoms with Gasteiger partial charge in [0.25, 0.3) is 10.2 Å². The zero-order valence-electron chi connectivity index (χ0n) is 13.1. The van der Waals surface area contributed by atoms with Crippen LogP contribution in [0.4, 0.5) is 0 Å². The van der Waals surface area contributed by atoms with Crippen LogP contribution >= 0.6 is 27.3 Å². The lowest BCUT2D eigenvalue weighted by Crippen LogP contribution is -2.30. The Morgan fingerprint density at radius 3 is 2.69 bits per heavy atom. The molecule has 1 atom stereocenters. The number of benzene rings is 1. The fourth-order valence-corrected chi connectivity index (χ4v) is 5.47. The minimum Gasteiger partial charge on any atom is -0.422 e. The number of hydrogen-bond acceptors (Lipinski definition) is 9. The molecule has 0 aliphatic heterocycles. The molecule has 2 aromatic heterocycles. The molecule has 14 heteroatoms. The molecule has 0 aliphatic carbocycles. The number of aromatic nitrogens is 3. The molecule has 0 bridgehead atoms. The summed E-state index contributed by atoms with van der Waals surface area (Å²) in [6.45, 7) is -0.352. The molecule has 0 saturated heterocycles. The van der Waals surface area contributed by atoms with Gasteiger partial charge < -0.3 is 4.42 Å². The number of fused-ring (bicyclic) bond motifs is 1. The maximum atomic E-state index is 12.3. The molecule has 2 heterocycles. The van der Waals surface area contributed by atoms with E-state index in [1.54, 1.807) is 12.1 Å². The lowest BCUT2D eigenvalue weighted by Gasteiger charge is -2.07. The van der Waals surface area contributed by atoms with E-state index in [9.17, 15) is 16.8 Å². The highest BCUT2D eigenvalue weighted by Gasteiger charge is 2.33. The zero-order valence-corrected chi connectivity index (χ0v) is 17.1. The van der Waals surface area contributed by atoms with Crippen LogP contribution in [0.5, 0.6) is 0 Å². The molecule has 0 fully saturated rings. The molecule has 1 unspecified atom stereocenters. The van der Waals surface area contributed by atoms with Gasteiger partial charge in [-0.1, -0.05) is 15.9 Å². The number of halogens is 1. The third-order valence-electron chi connectivity index (χ3n) is 3.15. The lowest BCUT2D eigenvalue weighted by atomic mass is 10.3. The molecular weight excluding hydrogens is 470 g/mol. The van der Waals surface area contributed by atoms with Crippen LogP contribution in [0.2, 0.25) is 0 Å². The molecule has 140 valence electrons. The molecule has 0 amide bonds. The average molecular weight is 482 g/mol. The van der Waals surface area contributed by atoms with Crippen molar-refractivity contribution in [1.29, 1.82) is 0 Å². The molecule has 0 saturated carbocycles. The molecule has 3 N–H and O–H groups in total. The number of nitrogens with one attached hydrogen (secondary N) is 1. The van der Waals surface area contributed by atoms with E-state index in [1.165, 1.54) is 11.3 Å². The Kier molecular flexibility index (Phi) is 5.15. The third kappa shape index (κ3) is 4.44. The quantitative estimate of drug-likeness (QED) is 0.524. The van der Waals surface area contributed by atoms with Crippen molar-refractivity contribution in [1.82, 2.24) is 19.9 Å². The van der Waals surface area contributed by atoms with Gasteiger partial charge in [0.15, 0.2) is 15.1 Å². The first-order valence-corrected chi connectivity index (χ1v) is 12.0. The summed E-state index contributed by atoms with van der Waals surface area (Å²) < 4.78 is 55.4. The summed E-state index contributed by atoms with van der Waals surface area (Å²) in [4.78, 5) is 4.35. The van der Waals surface area contributed by atoms with Crippen LogP contribution in [-0.4, -0.2) is 38.3 Å². The summed E-state index contributed by atoms with van der Waals surface area (Å²) in [5.74, 6) is -0.316. The van der Waals surface area contributed by atoms with Gasteiger partial charge in [0, 0.05) is 10.7 Å².